The van der Waals surface area contributed by atoms with Gasteiger partial charge in [-0.2, -0.15) is 13.2 Å². The van der Waals surface area contributed by atoms with Gasteiger partial charge >= 0.3 is 6.18 Å². The lowest BCUT2D eigenvalue weighted by molar-refractivity contribution is -0.153. The van der Waals surface area contributed by atoms with Crippen LogP contribution in [0.2, 0.25) is 0 Å². The first-order chi connectivity index (χ1) is 10.8. The summed E-state index contributed by atoms with van der Waals surface area (Å²) in [6.45, 7) is -1.21. The number of carbonyl (C=O) groups excluding carboxylic acids is 1. The van der Waals surface area contributed by atoms with Crippen LogP contribution in [0.15, 0.2) is 24.3 Å². The first-order valence-corrected chi connectivity index (χ1v) is 7.66. The Morgan fingerprint density at radius 1 is 1.29 bits per heavy atom. The molecule has 2 rings (SSSR count). The third kappa shape index (κ3) is 6.57. The highest BCUT2D eigenvalue weighted by Gasteiger charge is 2.29. The van der Waals surface area contributed by atoms with Crippen LogP contribution in [-0.2, 0) is 11.3 Å². The van der Waals surface area contributed by atoms with E-state index in [9.17, 15) is 18.0 Å². The molecule has 0 heterocycles. The van der Waals surface area contributed by atoms with E-state index in [-0.39, 0.29) is 42.6 Å². The Hall–Kier alpha value is -1.47. The van der Waals surface area contributed by atoms with Gasteiger partial charge in [0.15, 0.2) is 6.61 Å². The van der Waals surface area contributed by atoms with Gasteiger partial charge in [-0.05, 0) is 25.3 Å². The maximum absolute atomic E-state index is 12.3. The summed E-state index contributed by atoms with van der Waals surface area (Å²) in [5.74, 6) is -0.0988. The summed E-state index contributed by atoms with van der Waals surface area (Å²) in [6.07, 6.45) is -1.10. The first kappa shape index (κ1) is 20.6. The molecule has 1 aromatic carbocycles. The first-order valence-electron chi connectivity index (χ1n) is 7.66. The number of hydrogen-bond acceptors (Lipinski definition) is 3. The van der Waals surface area contributed by atoms with Crippen molar-refractivity contribution >= 4 is 18.3 Å². The van der Waals surface area contributed by atoms with Crippen molar-refractivity contribution < 1.29 is 22.7 Å². The summed E-state index contributed by atoms with van der Waals surface area (Å²) in [5, 5.41) is 2.77. The second-order valence-corrected chi connectivity index (χ2v) is 5.85. The molecule has 8 heteroatoms. The van der Waals surface area contributed by atoms with Crippen LogP contribution in [0.4, 0.5) is 13.2 Å². The van der Waals surface area contributed by atoms with E-state index in [0.29, 0.717) is 12.0 Å². The molecule has 4 nitrogen and oxygen atoms in total. The Labute approximate surface area is 145 Å². The van der Waals surface area contributed by atoms with Crippen LogP contribution in [-0.4, -0.2) is 24.7 Å². The van der Waals surface area contributed by atoms with Crippen molar-refractivity contribution in [2.75, 3.05) is 6.61 Å². The fourth-order valence-corrected chi connectivity index (χ4v) is 2.74. The van der Waals surface area contributed by atoms with E-state index in [1.165, 1.54) is 6.07 Å². The van der Waals surface area contributed by atoms with Crippen LogP contribution < -0.4 is 15.8 Å². The number of amides is 1. The smallest absolute Gasteiger partial charge is 0.422 e. The maximum Gasteiger partial charge on any atom is 0.422 e. The van der Waals surface area contributed by atoms with Crippen LogP contribution in [0.1, 0.15) is 31.2 Å². The number of ether oxygens (including phenoxy) is 1. The summed E-state index contributed by atoms with van der Waals surface area (Å²) in [5.41, 5.74) is 6.39. The zero-order valence-electron chi connectivity index (χ0n) is 13.1. The Morgan fingerprint density at radius 3 is 2.67 bits per heavy atom. The van der Waals surface area contributed by atoms with E-state index >= 15 is 0 Å². The van der Waals surface area contributed by atoms with Crippen LogP contribution in [0.25, 0.3) is 0 Å². The molecule has 136 valence electrons. The van der Waals surface area contributed by atoms with Gasteiger partial charge in [-0.15, -0.1) is 12.4 Å². The Bertz CT molecular complexity index is 540. The third-order valence-corrected chi connectivity index (χ3v) is 3.90. The lowest BCUT2D eigenvalue weighted by Crippen LogP contribution is -2.37. The molecule has 0 bridgehead atoms. The van der Waals surface area contributed by atoms with Crippen molar-refractivity contribution in [3.63, 3.8) is 0 Å². The van der Waals surface area contributed by atoms with E-state index in [2.05, 4.69) is 5.32 Å². The average Bonchev–Trinajstić information content (AvgIpc) is 2.50. The lowest BCUT2D eigenvalue weighted by atomic mass is 9.85. The predicted octanol–water partition coefficient (Wildman–Crippen LogP) is 3.18. The number of para-hydroxylation sites is 1. The number of rotatable bonds is 5. The molecular weight excluding hydrogens is 345 g/mol. The van der Waals surface area contributed by atoms with Gasteiger partial charge in [0.1, 0.15) is 5.75 Å². The molecule has 0 saturated heterocycles. The van der Waals surface area contributed by atoms with Gasteiger partial charge < -0.3 is 15.8 Å². The zero-order chi connectivity index (χ0) is 16.9. The van der Waals surface area contributed by atoms with E-state index in [1.54, 1.807) is 18.2 Å². The number of hydrogen-bond donors (Lipinski definition) is 2. The van der Waals surface area contributed by atoms with Crippen LogP contribution >= 0.6 is 12.4 Å². The monoisotopic (exact) mass is 366 g/mol. The molecule has 1 fully saturated rings. The molecule has 2 atom stereocenters. The predicted molar refractivity (Wildman–Crippen MR) is 87.0 cm³/mol. The SMILES string of the molecule is Cl.NC1CCCC(C(=O)NCc2ccccc2OCC(F)(F)F)C1. The molecule has 24 heavy (non-hydrogen) atoms. The van der Waals surface area contributed by atoms with Gasteiger partial charge in [0.2, 0.25) is 5.91 Å². The molecule has 1 aliphatic carbocycles. The van der Waals surface area contributed by atoms with E-state index in [4.69, 9.17) is 10.5 Å². The van der Waals surface area contributed by atoms with Crippen molar-refractivity contribution in [1.82, 2.24) is 5.32 Å². The topological polar surface area (TPSA) is 64.4 Å². The summed E-state index contributed by atoms with van der Waals surface area (Å²) >= 11 is 0. The van der Waals surface area contributed by atoms with Crippen molar-refractivity contribution in [3.8, 4) is 5.75 Å². The van der Waals surface area contributed by atoms with Gasteiger partial charge in [-0.25, -0.2) is 0 Å². The van der Waals surface area contributed by atoms with Crippen LogP contribution in [0, 0.1) is 5.92 Å². The largest absolute Gasteiger partial charge is 0.484 e. The molecular formula is C16H22ClF3N2O2. The maximum atomic E-state index is 12.3. The molecule has 2 unspecified atom stereocenters. The minimum absolute atomic E-state index is 0. The average molecular weight is 367 g/mol. The van der Waals surface area contributed by atoms with E-state index in [0.717, 1.165) is 19.3 Å². The number of carbonyl (C=O) groups is 1. The number of alkyl halides is 3. The Balaban J connectivity index is 0.00000288. The van der Waals surface area contributed by atoms with Gasteiger partial charge in [0, 0.05) is 24.1 Å². The van der Waals surface area contributed by atoms with Crippen molar-refractivity contribution in [2.45, 2.75) is 44.4 Å². The number of benzene rings is 1. The standard InChI is InChI=1S/C16H21F3N2O2.ClH/c17-16(18,19)10-23-14-7-2-1-4-12(14)9-21-15(22)11-5-3-6-13(20)8-11;/h1-2,4,7,11,13H,3,5-6,8-10,20H2,(H,21,22);1H. The summed E-state index contributed by atoms with van der Waals surface area (Å²) in [6, 6.07) is 6.43. The quantitative estimate of drug-likeness (QED) is 0.841. The number of nitrogens with one attached hydrogen (secondary N) is 1. The minimum atomic E-state index is -4.39. The molecule has 1 aromatic rings. The molecule has 1 saturated carbocycles. The Kier molecular flexibility index (Phi) is 7.83. The summed E-state index contributed by atoms with van der Waals surface area (Å²) in [4.78, 5) is 12.2. The Morgan fingerprint density at radius 2 is 2.00 bits per heavy atom. The van der Waals surface area contributed by atoms with Crippen molar-refractivity contribution in [2.24, 2.45) is 11.7 Å². The summed E-state index contributed by atoms with van der Waals surface area (Å²) < 4.78 is 41.6. The fraction of sp³-hybridized carbons (Fsp3) is 0.562. The van der Waals surface area contributed by atoms with Gasteiger partial charge in [-0.1, -0.05) is 24.6 Å². The van der Waals surface area contributed by atoms with Crippen molar-refractivity contribution in [3.05, 3.63) is 29.8 Å². The molecule has 0 aromatic heterocycles. The zero-order valence-corrected chi connectivity index (χ0v) is 14.0. The van der Waals surface area contributed by atoms with Gasteiger partial charge in [0.25, 0.3) is 0 Å². The molecule has 3 N–H and O–H groups in total. The second-order valence-electron chi connectivity index (χ2n) is 5.85. The minimum Gasteiger partial charge on any atom is -0.484 e. The molecule has 0 aliphatic heterocycles. The van der Waals surface area contributed by atoms with Gasteiger partial charge in [0.05, 0.1) is 0 Å². The lowest BCUT2D eigenvalue weighted by Gasteiger charge is -2.25. The van der Waals surface area contributed by atoms with E-state index in [1.807, 2.05) is 0 Å². The highest BCUT2D eigenvalue weighted by Crippen LogP contribution is 2.24. The highest BCUT2D eigenvalue weighted by molar-refractivity contribution is 5.85. The normalized spacial score (nSPS) is 20.8. The van der Waals surface area contributed by atoms with E-state index < -0.39 is 12.8 Å². The number of halogens is 4. The number of nitrogens with two attached hydrogens (primary N) is 1. The second kappa shape index (κ2) is 9.13. The molecule has 0 radical (unpaired) electrons. The molecule has 1 aliphatic rings. The third-order valence-electron chi connectivity index (χ3n) is 3.90. The van der Waals surface area contributed by atoms with Crippen LogP contribution in [0.3, 0.4) is 0 Å². The van der Waals surface area contributed by atoms with Crippen LogP contribution in [0.5, 0.6) is 5.75 Å². The molecule has 0 spiro atoms. The highest BCUT2D eigenvalue weighted by atomic mass is 35.5. The fourth-order valence-electron chi connectivity index (χ4n) is 2.74. The molecule has 1 amide bonds. The van der Waals surface area contributed by atoms with Gasteiger partial charge in [-0.3, -0.25) is 4.79 Å². The summed E-state index contributed by atoms with van der Waals surface area (Å²) in [7, 11) is 0. The van der Waals surface area contributed by atoms with Crippen molar-refractivity contribution in [1.29, 1.82) is 0 Å².